The van der Waals surface area contributed by atoms with E-state index in [1.807, 2.05) is 25.8 Å². The number of halogens is 5. The normalized spacial score (nSPS) is 19.7. The molecule has 4 heterocycles. The number of carbonyl (C=O) groups is 1. The number of benzene rings is 1. The second-order valence-corrected chi connectivity index (χ2v) is 10.5. The molecule has 2 atom stereocenters. The molecular formula is C28H28F5N7O2. The van der Waals surface area contributed by atoms with Gasteiger partial charge in [0.1, 0.15) is 5.82 Å². The molecule has 1 aromatic carbocycles. The number of piperazine rings is 1. The van der Waals surface area contributed by atoms with Crippen molar-refractivity contribution in [3.63, 3.8) is 0 Å². The number of anilines is 3. The van der Waals surface area contributed by atoms with Crippen LogP contribution in [-0.4, -0.2) is 71.1 Å². The molecule has 3 aromatic rings. The predicted molar refractivity (Wildman–Crippen MR) is 147 cm³/mol. The first-order chi connectivity index (χ1) is 19.8. The van der Waals surface area contributed by atoms with Crippen LogP contribution < -0.4 is 20.7 Å². The van der Waals surface area contributed by atoms with Gasteiger partial charge in [-0.2, -0.15) is 13.2 Å². The molecule has 2 unspecified atom stereocenters. The quantitative estimate of drug-likeness (QED) is 0.432. The Balaban J connectivity index is 1.53. The van der Waals surface area contributed by atoms with E-state index in [0.29, 0.717) is 43.2 Å². The smallest absolute Gasteiger partial charge is 0.367 e. The van der Waals surface area contributed by atoms with E-state index in [2.05, 4.69) is 25.2 Å². The van der Waals surface area contributed by atoms with E-state index in [4.69, 9.17) is 0 Å². The fraction of sp³-hybridized carbons (Fsp3) is 0.357. The van der Waals surface area contributed by atoms with E-state index in [1.165, 1.54) is 12.1 Å². The zero-order valence-electron chi connectivity index (χ0n) is 23.0. The van der Waals surface area contributed by atoms with Gasteiger partial charge in [0.2, 0.25) is 11.5 Å². The molecule has 1 fully saturated rings. The summed E-state index contributed by atoms with van der Waals surface area (Å²) in [6.07, 6.45) is -0.466. The molecular weight excluding hydrogens is 561 g/mol. The molecule has 1 amide bonds. The minimum atomic E-state index is -4.96. The van der Waals surface area contributed by atoms with Crippen LogP contribution in [0.25, 0.3) is 5.57 Å². The molecule has 1 saturated heterocycles. The average molecular weight is 590 g/mol. The maximum atomic E-state index is 15.7. The first kappa shape index (κ1) is 29.2. The standard InChI is InChI=1S/C28H28F5N7O2/c1-15-12-40(13-16(2)38(15)3)24-8-22(30)19(17-4-5-39(14-17)27-35-9-18(29)10-36-27)6-23(24)37-26(42)20-11-34-25(41)7-21(20)28(31,32)33/h4,6-11,15-16H,5,12-14H2,1-3H3,(H,34,41)(H,37,42). The topological polar surface area (TPSA) is 97.5 Å². The number of alkyl halides is 3. The highest BCUT2D eigenvalue weighted by atomic mass is 19.4. The number of aromatic amines is 1. The predicted octanol–water partition coefficient (Wildman–Crippen LogP) is 4.15. The molecule has 0 saturated carbocycles. The van der Waals surface area contributed by atoms with E-state index >= 15 is 4.39 Å². The van der Waals surface area contributed by atoms with Crippen LogP contribution in [0, 0.1) is 11.6 Å². The maximum Gasteiger partial charge on any atom is 0.417 e. The summed E-state index contributed by atoms with van der Waals surface area (Å²) in [7, 11) is 1.97. The number of hydrogen-bond acceptors (Lipinski definition) is 7. The zero-order valence-corrected chi connectivity index (χ0v) is 23.0. The molecule has 2 aromatic heterocycles. The lowest BCUT2D eigenvalue weighted by Crippen LogP contribution is -2.55. The van der Waals surface area contributed by atoms with Crippen molar-refractivity contribution in [2.75, 3.05) is 48.3 Å². The van der Waals surface area contributed by atoms with Crippen molar-refractivity contribution in [3.8, 4) is 0 Å². The number of pyridine rings is 1. The molecule has 2 aliphatic rings. The highest BCUT2D eigenvalue weighted by Gasteiger charge is 2.36. The van der Waals surface area contributed by atoms with E-state index in [-0.39, 0.29) is 35.8 Å². The van der Waals surface area contributed by atoms with Crippen molar-refractivity contribution in [1.29, 1.82) is 0 Å². The molecule has 222 valence electrons. The molecule has 0 radical (unpaired) electrons. The number of carbonyl (C=O) groups excluding carboxylic acids is 1. The molecule has 9 nitrogen and oxygen atoms in total. The van der Waals surface area contributed by atoms with Gasteiger partial charge >= 0.3 is 6.18 Å². The number of amides is 1. The number of aromatic nitrogens is 3. The summed E-state index contributed by atoms with van der Waals surface area (Å²) in [4.78, 5) is 40.7. The van der Waals surface area contributed by atoms with Crippen molar-refractivity contribution >= 4 is 28.8 Å². The Kier molecular flexibility index (Phi) is 7.75. The first-order valence-corrected chi connectivity index (χ1v) is 13.2. The Hall–Kier alpha value is -4.33. The maximum absolute atomic E-state index is 15.7. The largest absolute Gasteiger partial charge is 0.417 e. The van der Waals surface area contributed by atoms with E-state index in [0.717, 1.165) is 12.4 Å². The molecule has 5 rings (SSSR count). The van der Waals surface area contributed by atoms with Crippen molar-refractivity contribution in [1.82, 2.24) is 19.9 Å². The Morgan fingerprint density at radius 2 is 1.71 bits per heavy atom. The molecule has 0 bridgehead atoms. The number of hydrogen-bond donors (Lipinski definition) is 2. The fourth-order valence-corrected chi connectivity index (χ4v) is 5.23. The summed E-state index contributed by atoms with van der Waals surface area (Å²) >= 11 is 0. The Morgan fingerprint density at radius 1 is 1.05 bits per heavy atom. The summed E-state index contributed by atoms with van der Waals surface area (Å²) in [5, 5.41) is 2.55. The Bertz CT molecular complexity index is 1580. The van der Waals surface area contributed by atoms with Crippen LogP contribution in [0.15, 0.2) is 47.7 Å². The minimum Gasteiger partial charge on any atom is -0.367 e. The third-order valence-corrected chi connectivity index (χ3v) is 7.66. The average Bonchev–Trinajstić information content (AvgIpc) is 3.42. The van der Waals surface area contributed by atoms with Crippen LogP contribution in [0.1, 0.15) is 35.3 Å². The molecule has 0 spiro atoms. The number of likely N-dealkylation sites (N-methyl/N-ethyl adjacent to an activating group) is 1. The van der Waals surface area contributed by atoms with Crippen LogP contribution >= 0.6 is 0 Å². The van der Waals surface area contributed by atoms with Crippen LogP contribution in [0.4, 0.5) is 39.3 Å². The van der Waals surface area contributed by atoms with Gasteiger partial charge in [-0.1, -0.05) is 6.08 Å². The lowest BCUT2D eigenvalue weighted by molar-refractivity contribution is -0.138. The van der Waals surface area contributed by atoms with Crippen molar-refractivity contribution in [3.05, 3.63) is 81.5 Å². The van der Waals surface area contributed by atoms with Crippen molar-refractivity contribution in [2.45, 2.75) is 32.1 Å². The SMILES string of the molecule is CC1CN(c2cc(F)c(C3=CCN(c4ncc(F)cn4)C3)cc2NC(=O)c2c[nH]c(=O)cc2C(F)(F)F)CC(C)N1C. The third-order valence-electron chi connectivity index (χ3n) is 7.66. The molecule has 2 aliphatic heterocycles. The molecule has 42 heavy (non-hydrogen) atoms. The summed E-state index contributed by atoms with van der Waals surface area (Å²) in [6, 6.07) is 3.13. The van der Waals surface area contributed by atoms with Gasteiger partial charge in [0.15, 0.2) is 5.82 Å². The van der Waals surface area contributed by atoms with Crippen LogP contribution in [0.2, 0.25) is 0 Å². The minimum absolute atomic E-state index is 0.0675. The molecule has 14 heteroatoms. The van der Waals surface area contributed by atoms with E-state index in [9.17, 15) is 27.2 Å². The van der Waals surface area contributed by atoms with Crippen LogP contribution in [-0.2, 0) is 6.18 Å². The Labute approximate surface area is 237 Å². The van der Waals surface area contributed by atoms with Gasteiger partial charge in [-0.25, -0.2) is 18.7 Å². The van der Waals surface area contributed by atoms with Gasteiger partial charge in [0, 0.05) is 56.1 Å². The van der Waals surface area contributed by atoms with E-state index < -0.39 is 40.4 Å². The summed E-state index contributed by atoms with van der Waals surface area (Å²) in [6.45, 7) is 5.44. The number of rotatable bonds is 5. The summed E-state index contributed by atoms with van der Waals surface area (Å²) < 4.78 is 70.1. The van der Waals surface area contributed by atoms with Gasteiger partial charge in [0.05, 0.1) is 34.9 Å². The first-order valence-electron chi connectivity index (χ1n) is 13.2. The number of nitrogens with one attached hydrogen (secondary N) is 2. The van der Waals surface area contributed by atoms with Gasteiger partial charge in [-0.05, 0) is 38.6 Å². The van der Waals surface area contributed by atoms with Crippen molar-refractivity contribution in [2.24, 2.45) is 0 Å². The van der Waals surface area contributed by atoms with Gasteiger partial charge in [-0.3, -0.25) is 14.5 Å². The van der Waals surface area contributed by atoms with Crippen LogP contribution in [0.5, 0.6) is 0 Å². The lowest BCUT2D eigenvalue weighted by Gasteiger charge is -2.44. The number of nitrogens with zero attached hydrogens (tertiary/aromatic N) is 5. The summed E-state index contributed by atoms with van der Waals surface area (Å²) in [5.74, 6) is -2.06. The highest BCUT2D eigenvalue weighted by molar-refractivity contribution is 6.07. The third kappa shape index (κ3) is 5.84. The monoisotopic (exact) mass is 589 g/mol. The second-order valence-electron chi connectivity index (χ2n) is 10.5. The van der Waals surface area contributed by atoms with Crippen molar-refractivity contribution < 1.29 is 26.7 Å². The van der Waals surface area contributed by atoms with Gasteiger partial charge in [-0.15, -0.1) is 0 Å². The lowest BCUT2D eigenvalue weighted by atomic mass is 10.0. The summed E-state index contributed by atoms with van der Waals surface area (Å²) in [5.41, 5.74) is -2.09. The van der Waals surface area contributed by atoms with Crippen LogP contribution in [0.3, 0.4) is 0 Å². The second kappa shape index (κ2) is 11.2. The molecule has 0 aliphatic carbocycles. The fourth-order valence-electron chi connectivity index (χ4n) is 5.23. The number of H-pyrrole nitrogens is 1. The van der Waals surface area contributed by atoms with E-state index in [1.54, 1.807) is 11.0 Å². The highest BCUT2D eigenvalue weighted by Crippen LogP contribution is 2.37. The Morgan fingerprint density at radius 3 is 2.36 bits per heavy atom. The van der Waals surface area contributed by atoms with Gasteiger partial charge < -0.3 is 20.1 Å². The van der Waals surface area contributed by atoms with Gasteiger partial charge in [0.25, 0.3) is 5.91 Å². The molecule has 2 N–H and O–H groups in total. The zero-order chi connectivity index (χ0) is 30.3.